The lowest BCUT2D eigenvalue weighted by Gasteiger charge is -2.16. The van der Waals surface area contributed by atoms with Gasteiger partial charge < -0.3 is 5.11 Å². The van der Waals surface area contributed by atoms with Gasteiger partial charge >= 0.3 is 6.18 Å². The Kier molecular flexibility index (Phi) is 4.58. The molecular weight excluding hydrogens is 381 g/mol. The molecule has 0 aliphatic carbocycles. The summed E-state index contributed by atoms with van der Waals surface area (Å²) in [5.74, 6) is -0.429. The quantitative estimate of drug-likeness (QED) is 0.671. The number of para-hydroxylation sites is 1. The van der Waals surface area contributed by atoms with Crippen LogP contribution in [0.25, 0.3) is 0 Å². The van der Waals surface area contributed by atoms with Crippen LogP contribution in [0.3, 0.4) is 0 Å². The molecule has 0 spiro atoms. The molecule has 1 aliphatic rings. The summed E-state index contributed by atoms with van der Waals surface area (Å²) < 4.78 is 38.8. The van der Waals surface area contributed by atoms with Crippen LogP contribution in [-0.2, 0) is 17.5 Å². The van der Waals surface area contributed by atoms with Crippen molar-refractivity contribution in [2.24, 2.45) is 4.99 Å². The fourth-order valence-electron chi connectivity index (χ4n) is 3.24. The van der Waals surface area contributed by atoms with E-state index in [0.29, 0.717) is 22.5 Å². The highest BCUT2D eigenvalue weighted by atomic mass is 19.4. The van der Waals surface area contributed by atoms with Gasteiger partial charge in [0.15, 0.2) is 0 Å². The van der Waals surface area contributed by atoms with Gasteiger partial charge in [-0.25, -0.2) is 0 Å². The number of aromatic hydroxyl groups is 1. The fraction of sp³-hybridized carbons (Fsp3) is 0.0909. The third kappa shape index (κ3) is 3.59. The topological polar surface area (TPSA) is 52.9 Å². The van der Waals surface area contributed by atoms with Crippen molar-refractivity contribution in [3.8, 4) is 5.75 Å². The number of hydrogen-bond donors (Lipinski definition) is 1. The predicted octanol–water partition coefficient (Wildman–Crippen LogP) is 5.08. The number of phenols is 1. The maximum atomic E-state index is 13.1. The monoisotopic (exact) mass is 396 g/mol. The van der Waals surface area contributed by atoms with Crippen molar-refractivity contribution in [1.82, 2.24) is 0 Å². The van der Waals surface area contributed by atoms with Crippen LogP contribution in [0.1, 0.15) is 16.7 Å². The van der Waals surface area contributed by atoms with Gasteiger partial charge in [-0.1, -0.05) is 30.3 Å². The second-order valence-corrected chi connectivity index (χ2v) is 6.54. The standard InChI is InChI=1S/C22H15F3N2O2/c23-22(24,25)15-6-4-5-14(11-15)13-26-20-18-12-17(28)9-10-19(18)27(21(20)29)16-7-2-1-3-8-16/h1-12,28H,13H2. The second kappa shape index (κ2) is 7.09. The molecule has 1 N–H and O–H groups in total. The molecule has 0 aromatic heterocycles. The van der Waals surface area contributed by atoms with E-state index in [1.807, 2.05) is 6.07 Å². The predicted molar refractivity (Wildman–Crippen MR) is 103 cm³/mol. The Balaban J connectivity index is 1.73. The maximum Gasteiger partial charge on any atom is 0.416 e. The van der Waals surface area contributed by atoms with E-state index in [-0.39, 0.29) is 18.0 Å². The Morgan fingerprint density at radius 3 is 2.41 bits per heavy atom. The van der Waals surface area contributed by atoms with Gasteiger partial charge in [0.05, 0.1) is 17.8 Å². The van der Waals surface area contributed by atoms with Crippen molar-refractivity contribution in [3.63, 3.8) is 0 Å². The van der Waals surface area contributed by atoms with Gasteiger partial charge in [0.25, 0.3) is 5.91 Å². The molecule has 0 saturated carbocycles. The summed E-state index contributed by atoms with van der Waals surface area (Å²) in [5.41, 5.74) is 1.29. The first-order valence-corrected chi connectivity index (χ1v) is 8.78. The Hall–Kier alpha value is -3.61. The van der Waals surface area contributed by atoms with Crippen LogP contribution in [0.2, 0.25) is 0 Å². The average Bonchev–Trinajstić information content (AvgIpc) is 2.97. The Morgan fingerprint density at radius 1 is 0.931 bits per heavy atom. The van der Waals surface area contributed by atoms with Crippen molar-refractivity contribution >= 4 is 23.0 Å². The normalized spacial score (nSPS) is 15.1. The van der Waals surface area contributed by atoms with Crippen molar-refractivity contribution in [2.75, 3.05) is 4.90 Å². The number of hydrogen-bond acceptors (Lipinski definition) is 3. The summed E-state index contributed by atoms with van der Waals surface area (Å²) in [6.45, 7) is -0.0945. The van der Waals surface area contributed by atoms with Crippen LogP contribution in [0.15, 0.2) is 77.8 Å². The number of rotatable bonds is 3. The summed E-state index contributed by atoms with van der Waals surface area (Å²) in [7, 11) is 0. The van der Waals surface area contributed by atoms with Crippen LogP contribution < -0.4 is 4.90 Å². The highest BCUT2D eigenvalue weighted by molar-refractivity contribution is 6.55. The van der Waals surface area contributed by atoms with Gasteiger partial charge in [-0.2, -0.15) is 13.2 Å². The van der Waals surface area contributed by atoms with E-state index in [1.165, 1.54) is 29.2 Å². The van der Waals surface area contributed by atoms with Gasteiger partial charge in [0.2, 0.25) is 0 Å². The van der Waals surface area contributed by atoms with E-state index in [0.717, 1.165) is 12.1 Å². The molecule has 0 atom stereocenters. The SMILES string of the molecule is O=C1C(=NCc2cccc(C(F)(F)F)c2)c2cc(O)ccc2N1c1ccccc1. The summed E-state index contributed by atoms with van der Waals surface area (Å²) in [6.07, 6.45) is -4.45. The number of carbonyl (C=O) groups is 1. The van der Waals surface area contributed by atoms with E-state index in [9.17, 15) is 23.1 Å². The van der Waals surface area contributed by atoms with Gasteiger partial charge in [-0.15, -0.1) is 0 Å². The van der Waals surface area contributed by atoms with Crippen LogP contribution in [0.4, 0.5) is 24.5 Å². The molecule has 29 heavy (non-hydrogen) atoms. The molecule has 146 valence electrons. The molecule has 3 aromatic carbocycles. The number of benzene rings is 3. The summed E-state index contributed by atoms with van der Waals surface area (Å²) in [5, 5.41) is 9.86. The van der Waals surface area contributed by atoms with Gasteiger partial charge in [0.1, 0.15) is 11.5 Å². The molecule has 4 rings (SSSR count). The minimum Gasteiger partial charge on any atom is -0.508 e. The number of halogens is 3. The third-order valence-corrected chi connectivity index (χ3v) is 4.57. The smallest absolute Gasteiger partial charge is 0.416 e. The number of aliphatic imine (C=N–C) groups is 1. The van der Waals surface area contributed by atoms with Crippen molar-refractivity contribution < 1.29 is 23.1 Å². The van der Waals surface area contributed by atoms with E-state index in [1.54, 1.807) is 30.3 Å². The second-order valence-electron chi connectivity index (χ2n) is 6.54. The first-order valence-electron chi connectivity index (χ1n) is 8.78. The summed E-state index contributed by atoms with van der Waals surface area (Å²) in [6, 6.07) is 18.3. The third-order valence-electron chi connectivity index (χ3n) is 4.57. The molecule has 4 nitrogen and oxygen atoms in total. The minimum absolute atomic E-state index is 0.0294. The number of carbonyl (C=O) groups excluding carboxylic acids is 1. The Labute approximate surface area is 164 Å². The number of phenolic OH excluding ortho intramolecular Hbond substituents is 1. The van der Waals surface area contributed by atoms with Crippen molar-refractivity contribution in [2.45, 2.75) is 12.7 Å². The molecule has 3 aromatic rings. The largest absolute Gasteiger partial charge is 0.508 e. The van der Waals surface area contributed by atoms with Gasteiger partial charge in [-0.3, -0.25) is 14.7 Å². The van der Waals surface area contributed by atoms with Crippen molar-refractivity contribution in [1.29, 1.82) is 0 Å². The summed E-state index contributed by atoms with van der Waals surface area (Å²) >= 11 is 0. The molecule has 7 heteroatoms. The maximum absolute atomic E-state index is 13.1. The molecule has 1 heterocycles. The van der Waals surface area contributed by atoms with Crippen molar-refractivity contribution in [3.05, 3.63) is 89.5 Å². The zero-order valence-electron chi connectivity index (χ0n) is 15.0. The number of anilines is 2. The molecule has 0 fully saturated rings. The van der Waals surface area contributed by atoms with Crippen LogP contribution in [0, 0.1) is 0 Å². The van der Waals surface area contributed by atoms with E-state index < -0.39 is 17.6 Å². The lowest BCUT2D eigenvalue weighted by atomic mass is 10.1. The highest BCUT2D eigenvalue weighted by Crippen LogP contribution is 2.37. The number of alkyl halides is 3. The lowest BCUT2D eigenvalue weighted by molar-refractivity contribution is -0.137. The number of nitrogens with zero attached hydrogens (tertiary/aromatic N) is 2. The molecule has 0 bridgehead atoms. The molecule has 0 saturated heterocycles. The fourth-order valence-corrected chi connectivity index (χ4v) is 3.24. The lowest BCUT2D eigenvalue weighted by Crippen LogP contribution is -2.25. The highest BCUT2D eigenvalue weighted by Gasteiger charge is 2.35. The minimum atomic E-state index is -4.45. The zero-order chi connectivity index (χ0) is 20.6. The van der Waals surface area contributed by atoms with Crippen LogP contribution in [-0.4, -0.2) is 16.7 Å². The van der Waals surface area contributed by atoms with E-state index >= 15 is 0 Å². The van der Waals surface area contributed by atoms with Gasteiger partial charge in [0, 0.05) is 11.3 Å². The molecule has 1 amide bonds. The van der Waals surface area contributed by atoms with Gasteiger partial charge in [-0.05, 0) is 48.0 Å². The first-order chi connectivity index (χ1) is 13.8. The molecule has 0 radical (unpaired) electrons. The molecule has 0 unspecified atom stereocenters. The van der Waals surface area contributed by atoms with E-state index in [2.05, 4.69) is 4.99 Å². The van der Waals surface area contributed by atoms with E-state index in [4.69, 9.17) is 0 Å². The number of amides is 1. The number of fused-ring (bicyclic) bond motifs is 1. The zero-order valence-corrected chi connectivity index (χ0v) is 15.0. The van der Waals surface area contributed by atoms with Crippen LogP contribution >= 0.6 is 0 Å². The first kappa shape index (κ1) is 18.7. The molecule has 1 aliphatic heterocycles. The summed E-state index contributed by atoms with van der Waals surface area (Å²) in [4.78, 5) is 18.8. The van der Waals surface area contributed by atoms with Crippen LogP contribution in [0.5, 0.6) is 5.75 Å². The Morgan fingerprint density at radius 2 is 1.69 bits per heavy atom. The average molecular weight is 396 g/mol. The Bertz CT molecular complexity index is 1110. The molecular formula is C22H15F3N2O2.